The molecule has 1 aliphatic carbocycles. The number of nitrogens with one attached hydrogen (secondary N) is 1. The summed E-state index contributed by atoms with van der Waals surface area (Å²) in [5.41, 5.74) is 0.493. The van der Waals surface area contributed by atoms with E-state index in [1.807, 2.05) is 49.0 Å². The normalized spacial score (nSPS) is 18.7. The standard InChI is InChI=1S/C17H24N2OS/c1-14(11-20)12-21-10-9-17(13-18,19-16-7-8-16)15-5-3-2-4-6-15/h2-6,14,16,19-20H,7-12H2,1H3. The van der Waals surface area contributed by atoms with Gasteiger partial charge in [-0.1, -0.05) is 37.3 Å². The van der Waals surface area contributed by atoms with E-state index in [1.54, 1.807) is 0 Å². The van der Waals surface area contributed by atoms with Gasteiger partial charge in [0.25, 0.3) is 0 Å². The molecule has 0 bridgehead atoms. The number of thioether (sulfide) groups is 1. The zero-order chi connectivity index (χ0) is 15.1. The fraction of sp³-hybridized carbons (Fsp3) is 0.588. The molecule has 0 saturated heterocycles. The summed E-state index contributed by atoms with van der Waals surface area (Å²) in [4.78, 5) is 0. The van der Waals surface area contributed by atoms with Crippen LogP contribution in [0.3, 0.4) is 0 Å². The van der Waals surface area contributed by atoms with Gasteiger partial charge in [0.15, 0.2) is 0 Å². The molecule has 0 aromatic heterocycles. The van der Waals surface area contributed by atoms with Gasteiger partial charge in [-0.15, -0.1) is 0 Å². The maximum atomic E-state index is 9.80. The molecule has 1 aromatic rings. The first kappa shape index (κ1) is 16.4. The van der Waals surface area contributed by atoms with Gasteiger partial charge < -0.3 is 5.11 Å². The third-order valence-corrected chi connectivity index (χ3v) is 5.12. The van der Waals surface area contributed by atoms with Crippen LogP contribution >= 0.6 is 11.8 Å². The van der Waals surface area contributed by atoms with Crippen molar-refractivity contribution in [1.29, 1.82) is 5.26 Å². The summed E-state index contributed by atoms with van der Waals surface area (Å²) in [6, 6.07) is 13.1. The first-order valence-corrected chi connectivity index (χ1v) is 8.79. The minimum absolute atomic E-state index is 0.232. The molecule has 2 atom stereocenters. The number of benzene rings is 1. The van der Waals surface area contributed by atoms with Crippen LogP contribution in [-0.4, -0.2) is 29.3 Å². The van der Waals surface area contributed by atoms with Crippen LogP contribution in [0.1, 0.15) is 31.7 Å². The summed E-state index contributed by atoms with van der Waals surface area (Å²) in [6.07, 6.45) is 3.14. The average molecular weight is 304 g/mol. The monoisotopic (exact) mass is 304 g/mol. The minimum atomic E-state index is -0.572. The molecule has 1 aliphatic rings. The fourth-order valence-corrected chi connectivity index (χ4v) is 3.44. The molecule has 21 heavy (non-hydrogen) atoms. The van der Waals surface area contributed by atoms with Crippen molar-refractivity contribution >= 4 is 11.8 Å². The lowest BCUT2D eigenvalue weighted by atomic mass is 9.88. The average Bonchev–Trinajstić information content (AvgIpc) is 3.34. The maximum absolute atomic E-state index is 9.80. The van der Waals surface area contributed by atoms with E-state index < -0.39 is 5.54 Å². The van der Waals surface area contributed by atoms with Crippen molar-refractivity contribution in [1.82, 2.24) is 5.32 Å². The molecule has 0 spiro atoms. The van der Waals surface area contributed by atoms with Crippen LogP contribution in [0, 0.1) is 17.2 Å². The van der Waals surface area contributed by atoms with Gasteiger partial charge in [-0.2, -0.15) is 17.0 Å². The molecule has 0 aliphatic heterocycles. The van der Waals surface area contributed by atoms with Crippen molar-refractivity contribution in [2.45, 2.75) is 37.8 Å². The molecule has 0 amide bonds. The van der Waals surface area contributed by atoms with Gasteiger partial charge in [-0.05, 0) is 42.2 Å². The lowest BCUT2D eigenvalue weighted by molar-refractivity contribution is 0.250. The number of nitrogens with zero attached hydrogens (tertiary/aromatic N) is 1. The number of nitriles is 1. The van der Waals surface area contributed by atoms with E-state index in [1.165, 1.54) is 12.8 Å². The minimum Gasteiger partial charge on any atom is -0.396 e. The quantitative estimate of drug-likeness (QED) is 0.689. The number of rotatable bonds is 9. The summed E-state index contributed by atoms with van der Waals surface area (Å²) in [5, 5.41) is 22.4. The Labute approximate surface area is 131 Å². The summed E-state index contributed by atoms with van der Waals surface area (Å²) < 4.78 is 0. The lowest BCUT2D eigenvalue weighted by Gasteiger charge is -2.29. The number of aliphatic hydroxyl groups excluding tert-OH is 1. The molecule has 3 nitrogen and oxygen atoms in total. The van der Waals surface area contributed by atoms with Crippen LogP contribution < -0.4 is 5.32 Å². The Morgan fingerprint density at radius 2 is 2.14 bits per heavy atom. The Kier molecular flexibility index (Phi) is 6.10. The van der Waals surface area contributed by atoms with Gasteiger partial charge in [-0.3, -0.25) is 5.32 Å². The molecule has 2 rings (SSSR count). The van der Waals surface area contributed by atoms with E-state index in [4.69, 9.17) is 5.11 Å². The van der Waals surface area contributed by atoms with Crippen LogP contribution in [0.5, 0.6) is 0 Å². The van der Waals surface area contributed by atoms with Crippen LogP contribution in [-0.2, 0) is 5.54 Å². The Hall–Kier alpha value is -1.02. The molecular weight excluding hydrogens is 280 g/mol. The van der Waals surface area contributed by atoms with Gasteiger partial charge in [0.1, 0.15) is 5.54 Å². The van der Waals surface area contributed by atoms with E-state index >= 15 is 0 Å². The lowest BCUT2D eigenvalue weighted by Crippen LogP contribution is -2.43. The smallest absolute Gasteiger partial charge is 0.133 e. The van der Waals surface area contributed by atoms with Crippen molar-refractivity contribution in [3.63, 3.8) is 0 Å². The van der Waals surface area contributed by atoms with Gasteiger partial charge in [0, 0.05) is 12.6 Å². The Balaban J connectivity index is 2.00. The van der Waals surface area contributed by atoms with Crippen molar-refractivity contribution in [2.75, 3.05) is 18.1 Å². The van der Waals surface area contributed by atoms with E-state index in [0.29, 0.717) is 12.0 Å². The SMILES string of the molecule is CC(CO)CSCCC(C#N)(NC1CC1)c1ccccc1. The van der Waals surface area contributed by atoms with Crippen LogP contribution in [0.15, 0.2) is 30.3 Å². The second kappa shape index (κ2) is 7.84. The number of aliphatic hydroxyl groups is 1. The molecule has 2 N–H and O–H groups in total. The van der Waals surface area contributed by atoms with Gasteiger partial charge >= 0.3 is 0 Å². The summed E-state index contributed by atoms with van der Waals surface area (Å²) >= 11 is 1.82. The largest absolute Gasteiger partial charge is 0.396 e. The third kappa shape index (κ3) is 4.74. The molecule has 0 radical (unpaired) electrons. The van der Waals surface area contributed by atoms with Crippen molar-refractivity contribution in [2.24, 2.45) is 5.92 Å². The first-order valence-electron chi connectivity index (χ1n) is 7.63. The predicted molar refractivity (Wildman–Crippen MR) is 88.1 cm³/mol. The second-order valence-electron chi connectivity index (χ2n) is 5.91. The zero-order valence-electron chi connectivity index (χ0n) is 12.6. The number of hydrogen-bond donors (Lipinski definition) is 2. The summed E-state index contributed by atoms with van der Waals surface area (Å²) in [5.74, 6) is 2.18. The Morgan fingerprint density at radius 3 is 2.71 bits per heavy atom. The van der Waals surface area contributed by atoms with Gasteiger partial charge in [0.05, 0.1) is 6.07 Å². The summed E-state index contributed by atoms with van der Waals surface area (Å²) in [6.45, 7) is 2.28. The molecular formula is C17H24N2OS. The third-order valence-electron chi connectivity index (χ3n) is 3.82. The molecule has 1 aromatic carbocycles. The predicted octanol–water partition coefficient (Wildman–Crippen LogP) is 2.91. The highest BCUT2D eigenvalue weighted by Crippen LogP contribution is 2.32. The topological polar surface area (TPSA) is 56.0 Å². The molecule has 4 heteroatoms. The van der Waals surface area contributed by atoms with E-state index in [0.717, 1.165) is 23.5 Å². The number of hydrogen-bond acceptors (Lipinski definition) is 4. The highest BCUT2D eigenvalue weighted by Gasteiger charge is 2.37. The maximum Gasteiger partial charge on any atom is 0.133 e. The molecule has 1 saturated carbocycles. The van der Waals surface area contributed by atoms with E-state index in [-0.39, 0.29) is 6.61 Å². The molecule has 1 fully saturated rings. The van der Waals surface area contributed by atoms with Gasteiger partial charge in [-0.25, -0.2) is 0 Å². The zero-order valence-corrected chi connectivity index (χ0v) is 13.4. The Bertz CT molecular complexity index is 469. The van der Waals surface area contributed by atoms with Crippen LogP contribution in [0.25, 0.3) is 0 Å². The molecule has 0 heterocycles. The highest BCUT2D eigenvalue weighted by atomic mass is 32.2. The Morgan fingerprint density at radius 1 is 1.43 bits per heavy atom. The first-order chi connectivity index (χ1) is 10.2. The molecule has 114 valence electrons. The second-order valence-corrected chi connectivity index (χ2v) is 7.06. The molecule has 2 unspecified atom stereocenters. The van der Waals surface area contributed by atoms with Crippen LogP contribution in [0.4, 0.5) is 0 Å². The fourth-order valence-electron chi connectivity index (χ4n) is 2.31. The van der Waals surface area contributed by atoms with Crippen molar-refractivity contribution < 1.29 is 5.11 Å². The van der Waals surface area contributed by atoms with E-state index in [9.17, 15) is 5.26 Å². The van der Waals surface area contributed by atoms with Crippen molar-refractivity contribution in [3.05, 3.63) is 35.9 Å². The highest BCUT2D eigenvalue weighted by molar-refractivity contribution is 7.99. The van der Waals surface area contributed by atoms with Gasteiger partial charge in [0.2, 0.25) is 0 Å². The van der Waals surface area contributed by atoms with E-state index in [2.05, 4.69) is 11.4 Å². The van der Waals surface area contributed by atoms with Crippen molar-refractivity contribution in [3.8, 4) is 6.07 Å². The summed E-state index contributed by atoms with van der Waals surface area (Å²) in [7, 11) is 0. The van der Waals surface area contributed by atoms with Crippen LogP contribution in [0.2, 0.25) is 0 Å².